The monoisotopic (exact) mass is 220 g/mol. The number of hydrogen-bond acceptors (Lipinski definition) is 3. The summed E-state index contributed by atoms with van der Waals surface area (Å²) in [5.41, 5.74) is 1.85. The second-order valence-corrected chi connectivity index (χ2v) is 4.33. The average Bonchev–Trinajstić information content (AvgIpc) is 2.87. The molecule has 1 nitrogen and oxygen atoms in total. The highest BCUT2D eigenvalue weighted by Gasteiger charge is 2.00. The van der Waals surface area contributed by atoms with Crippen LogP contribution in [0.3, 0.4) is 0 Å². The Morgan fingerprint density at radius 1 is 1.14 bits per heavy atom. The van der Waals surface area contributed by atoms with Crippen molar-refractivity contribution in [3.8, 4) is 0 Å². The zero-order valence-electron chi connectivity index (χ0n) is 7.34. The molecule has 3 heteroatoms. The van der Waals surface area contributed by atoms with Gasteiger partial charge in [-0.15, -0.1) is 0 Å². The van der Waals surface area contributed by atoms with Gasteiger partial charge in [0.25, 0.3) is 0 Å². The Kier molecular flexibility index (Phi) is 2.91. The van der Waals surface area contributed by atoms with E-state index in [-0.39, 0.29) is 5.78 Å². The van der Waals surface area contributed by atoms with Gasteiger partial charge in [0, 0.05) is 10.9 Å². The fraction of sp³-hybridized carbons (Fsp3) is 0. The van der Waals surface area contributed by atoms with E-state index in [1.165, 1.54) is 11.3 Å². The average molecular weight is 220 g/mol. The van der Waals surface area contributed by atoms with E-state index < -0.39 is 0 Å². The van der Waals surface area contributed by atoms with E-state index in [4.69, 9.17) is 0 Å². The van der Waals surface area contributed by atoms with Crippen molar-refractivity contribution in [2.45, 2.75) is 0 Å². The van der Waals surface area contributed by atoms with E-state index in [2.05, 4.69) is 0 Å². The van der Waals surface area contributed by atoms with Crippen molar-refractivity contribution in [1.82, 2.24) is 0 Å². The van der Waals surface area contributed by atoms with Crippen LogP contribution >= 0.6 is 22.7 Å². The van der Waals surface area contributed by atoms with Crippen molar-refractivity contribution < 1.29 is 4.79 Å². The minimum absolute atomic E-state index is 0.0671. The third-order valence-corrected chi connectivity index (χ3v) is 3.16. The molecule has 70 valence electrons. The van der Waals surface area contributed by atoms with Crippen LogP contribution in [0.25, 0.3) is 6.08 Å². The SMILES string of the molecule is O=C(/C=C/c1ccsc1)c1ccsc1. The van der Waals surface area contributed by atoms with Crippen LogP contribution < -0.4 is 0 Å². The lowest BCUT2D eigenvalue weighted by Crippen LogP contribution is -1.89. The molecule has 0 spiro atoms. The van der Waals surface area contributed by atoms with Gasteiger partial charge in [-0.05, 0) is 39.9 Å². The Labute approximate surface area is 90.3 Å². The summed E-state index contributed by atoms with van der Waals surface area (Å²) < 4.78 is 0. The summed E-state index contributed by atoms with van der Waals surface area (Å²) in [6.07, 6.45) is 3.46. The highest BCUT2D eigenvalue weighted by atomic mass is 32.1. The summed E-state index contributed by atoms with van der Waals surface area (Å²) in [6, 6.07) is 3.83. The number of rotatable bonds is 3. The van der Waals surface area contributed by atoms with E-state index in [1.54, 1.807) is 17.4 Å². The normalized spacial score (nSPS) is 10.9. The Bertz CT molecular complexity index is 424. The first-order chi connectivity index (χ1) is 6.86. The van der Waals surface area contributed by atoms with E-state index in [0.717, 1.165) is 11.1 Å². The molecule has 2 aromatic rings. The van der Waals surface area contributed by atoms with Gasteiger partial charge in [0.1, 0.15) is 0 Å². The van der Waals surface area contributed by atoms with Crippen LogP contribution in [0.2, 0.25) is 0 Å². The van der Waals surface area contributed by atoms with E-state index in [9.17, 15) is 4.79 Å². The van der Waals surface area contributed by atoms with Gasteiger partial charge in [0.05, 0.1) is 0 Å². The molecule has 2 aromatic heterocycles. The molecule has 0 N–H and O–H groups in total. The molecular formula is C11H8OS2. The molecule has 0 amide bonds. The number of allylic oxidation sites excluding steroid dienone is 1. The van der Waals surface area contributed by atoms with E-state index in [0.29, 0.717) is 0 Å². The lowest BCUT2D eigenvalue weighted by atomic mass is 10.2. The molecule has 0 atom stereocenters. The lowest BCUT2D eigenvalue weighted by Gasteiger charge is -1.87. The van der Waals surface area contributed by atoms with Crippen LogP contribution in [0.5, 0.6) is 0 Å². The van der Waals surface area contributed by atoms with Crippen molar-refractivity contribution in [3.05, 3.63) is 50.9 Å². The van der Waals surface area contributed by atoms with Crippen LogP contribution in [0, 0.1) is 0 Å². The van der Waals surface area contributed by atoms with Gasteiger partial charge in [-0.25, -0.2) is 0 Å². The van der Waals surface area contributed by atoms with Crippen LogP contribution in [-0.2, 0) is 0 Å². The zero-order valence-corrected chi connectivity index (χ0v) is 8.98. The Morgan fingerprint density at radius 2 is 1.93 bits per heavy atom. The zero-order chi connectivity index (χ0) is 9.80. The van der Waals surface area contributed by atoms with Crippen molar-refractivity contribution in [3.63, 3.8) is 0 Å². The van der Waals surface area contributed by atoms with Gasteiger partial charge in [0.15, 0.2) is 5.78 Å². The molecule has 0 aliphatic rings. The molecular weight excluding hydrogens is 212 g/mol. The highest BCUT2D eigenvalue weighted by Crippen LogP contribution is 2.11. The van der Waals surface area contributed by atoms with E-state index >= 15 is 0 Å². The predicted octanol–water partition coefficient (Wildman–Crippen LogP) is 3.71. The molecule has 2 heterocycles. The van der Waals surface area contributed by atoms with Gasteiger partial charge in [-0.2, -0.15) is 22.7 Å². The Morgan fingerprint density at radius 3 is 2.57 bits per heavy atom. The largest absolute Gasteiger partial charge is 0.289 e. The first-order valence-corrected chi connectivity index (χ1v) is 6.01. The number of ketones is 1. The molecule has 14 heavy (non-hydrogen) atoms. The first kappa shape index (κ1) is 9.37. The van der Waals surface area contributed by atoms with Crippen molar-refractivity contribution >= 4 is 34.5 Å². The molecule has 2 rings (SSSR count). The second kappa shape index (κ2) is 4.35. The molecule has 0 fully saturated rings. The molecule has 0 radical (unpaired) electrons. The van der Waals surface area contributed by atoms with Gasteiger partial charge in [-0.1, -0.05) is 6.08 Å². The van der Waals surface area contributed by atoms with Crippen LogP contribution in [-0.4, -0.2) is 5.78 Å². The summed E-state index contributed by atoms with van der Waals surface area (Å²) >= 11 is 3.17. The quantitative estimate of drug-likeness (QED) is 0.569. The maximum absolute atomic E-state index is 11.5. The number of carbonyl (C=O) groups is 1. The molecule has 0 aromatic carbocycles. The van der Waals surface area contributed by atoms with Crippen molar-refractivity contribution in [1.29, 1.82) is 0 Å². The van der Waals surface area contributed by atoms with Gasteiger partial charge in [0.2, 0.25) is 0 Å². The summed E-state index contributed by atoms with van der Waals surface area (Å²) in [7, 11) is 0. The highest BCUT2D eigenvalue weighted by molar-refractivity contribution is 7.08. The number of hydrogen-bond donors (Lipinski definition) is 0. The van der Waals surface area contributed by atoms with Crippen LogP contribution in [0.1, 0.15) is 15.9 Å². The van der Waals surface area contributed by atoms with E-state index in [1.807, 2.05) is 39.7 Å². The van der Waals surface area contributed by atoms with Gasteiger partial charge in [-0.3, -0.25) is 4.79 Å². The standard InChI is InChI=1S/C11H8OS2/c12-11(10-4-6-14-8-10)2-1-9-3-5-13-7-9/h1-8H/b2-1+. The summed E-state index contributed by atoms with van der Waals surface area (Å²) in [4.78, 5) is 11.5. The Balaban J connectivity index is 2.09. The summed E-state index contributed by atoms with van der Waals surface area (Å²) in [6.45, 7) is 0. The topological polar surface area (TPSA) is 17.1 Å². The molecule has 0 aliphatic carbocycles. The van der Waals surface area contributed by atoms with Gasteiger partial charge >= 0.3 is 0 Å². The van der Waals surface area contributed by atoms with Crippen LogP contribution in [0.4, 0.5) is 0 Å². The lowest BCUT2D eigenvalue weighted by molar-refractivity contribution is 0.104. The molecule has 0 saturated carbocycles. The molecule has 0 saturated heterocycles. The molecule has 0 aliphatic heterocycles. The Hall–Kier alpha value is -1.19. The second-order valence-electron chi connectivity index (χ2n) is 2.77. The van der Waals surface area contributed by atoms with Gasteiger partial charge < -0.3 is 0 Å². The van der Waals surface area contributed by atoms with Crippen molar-refractivity contribution in [2.24, 2.45) is 0 Å². The third kappa shape index (κ3) is 2.19. The fourth-order valence-electron chi connectivity index (χ4n) is 1.04. The number of carbonyl (C=O) groups excluding carboxylic acids is 1. The smallest absolute Gasteiger partial charge is 0.186 e. The molecule has 0 unspecified atom stereocenters. The molecule has 0 bridgehead atoms. The van der Waals surface area contributed by atoms with Crippen LogP contribution in [0.15, 0.2) is 39.7 Å². The minimum atomic E-state index is 0.0671. The minimum Gasteiger partial charge on any atom is -0.289 e. The maximum atomic E-state index is 11.5. The summed E-state index contributed by atoms with van der Waals surface area (Å²) in [5.74, 6) is 0.0671. The predicted molar refractivity (Wildman–Crippen MR) is 62.0 cm³/mol. The fourth-order valence-corrected chi connectivity index (χ4v) is 2.32. The summed E-state index contributed by atoms with van der Waals surface area (Å²) in [5, 5.41) is 7.78. The first-order valence-electron chi connectivity index (χ1n) is 4.13. The number of thiophene rings is 2. The maximum Gasteiger partial charge on any atom is 0.186 e. The van der Waals surface area contributed by atoms with Crippen molar-refractivity contribution in [2.75, 3.05) is 0 Å². The third-order valence-electron chi connectivity index (χ3n) is 1.78.